The molecule has 18 heavy (non-hydrogen) atoms. The molecule has 1 aromatic rings. The summed E-state index contributed by atoms with van der Waals surface area (Å²) in [5.74, 6) is -0.321. The minimum atomic E-state index is -0.460. The number of nitrogens with two attached hydrogens (primary N) is 1. The Balaban J connectivity index is 0.000000492. The van der Waals surface area contributed by atoms with E-state index in [4.69, 9.17) is 28.0 Å². The Labute approximate surface area is 113 Å². The minimum absolute atomic E-state index is 0.00294. The summed E-state index contributed by atoms with van der Waals surface area (Å²) in [4.78, 5) is 32.3. The van der Waals surface area contributed by atoms with E-state index in [0.717, 1.165) is 4.90 Å². The maximum Gasteiger partial charge on any atom is 0.329 e. The first-order valence-electron chi connectivity index (χ1n) is 4.72. The minimum Gasteiger partial charge on any atom is -0.372 e. The largest absolute Gasteiger partial charge is 0.372 e. The molecule has 0 aromatic heterocycles. The summed E-state index contributed by atoms with van der Waals surface area (Å²) < 4.78 is 0. The Morgan fingerprint density at radius 1 is 1.22 bits per heavy atom. The second-order valence-corrected chi connectivity index (χ2v) is 4.02. The number of rotatable bonds is 1. The van der Waals surface area contributed by atoms with Gasteiger partial charge in [0.25, 0.3) is 5.91 Å². The maximum atomic E-state index is 11.4. The number of hydrogen-bond donors (Lipinski definition) is 2. The molecule has 1 aromatic carbocycles. The number of carbonyl (C=O) groups is 3. The molecule has 2 rings (SSSR count). The molecule has 0 spiro atoms. The summed E-state index contributed by atoms with van der Waals surface area (Å²) in [6, 6.07) is 4.09. The normalized spacial score (nSPS) is 13.8. The highest BCUT2D eigenvalue weighted by Crippen LogP contribution is 2.26. The summed E-state index contributed by atoms with van der Waals surface area (Å²) in [7, 11) is 0. The lowest BCUT2D eigenvalue weighted by molar-refractivity contribution is -0.115. The molecule has 0 radical (unpaired) electrons. The number of nitrogens with one attached hydrogen (secondary N) is 1. The van der Waals surface area contributed by atoms with Crippen molar-refractivity contribution in [3.8, 4) is 0 Å². The van der Waals surface area contributed by atoms with Crippen molar-refractivity contribution in [2.45, 2.75) is 0 Å². The highest BCUT2D eigenvalue weighted by molar-refractivity contribution is 6.35. The quantitative estimate of drug-likeness (QED) is 0.600. The zero-order valence-corrected chi connectivity index (χ0v) is 10.5. The van der Waals surface area contributed by atoms with Crippen molar-refractivity contribution in [1.29, 1.82) is 0 Å². The van der Waals surface area contributed by atoms with Crippen molar-refractivity contribution >= 4 is 47.2 Å². The summed E-state index contributed by atoms with van der Waals surface area (Å²) >= 11 is 11.5. The summed E-state index contributed by atoms with van der Waals surface area (Å²) in [6.45, 7) is 0.00294. The lowest BCUT2D eigenvalue weighted by atomic mass is 10.3. The van der Waals surface area contributed by atoms with E-state index in [-0.39, 0.29) is 18.9 Å². The SMILES string of the molecule is NC=O.O=C1CNC(=O)N1c1cc(Cl)cc(Cl)c1. The standard InChI is InChI=1S/C9H6Cl2N2O2.CH3NO/c10-5-1-6(11)3-7(2-5)13-8(14)4-12-9(13)15;2-1-3/h1-3H,4H2,(H,12,15);1H,(H2,2,3). The molecule has 1 aliphatic heterocycles. The summed E-state index contributed by atoms with van der Waals surface area (Å²) in [6.07, 6.45) is 0.250. The number of benzene rings is 1. The van der Waals surface area contributed by atoms with Crippen LogP contribution in [0, 0.1) is 0 Å². The Morgan fingerprint density at radius 2 is 1.72 bits per heavy atom. The van der Waals surface area contributed by atoms with E-state index in [1.54, 1.807) is 0 Å². The van der Waals surface area contributed by atoms with Crippen LogP contribution in [0.1, 0.15) is 0 Å². The third-order valence-electron chi connectivity index (χ3n) is 1.95. The molecular formula is C10H9Cl2N3O3. The number of anilines is 1. The van der Waals surface area contributed by atoms with Gasteiger partial charge >= 0.3 is 6.03 Å². The second kappa shape index (κ2) is 6.23. The van der Waals surface area contributed by atoms with Gasteiger partial charge in [0, 0.05) is 10.0 Å². The van der Waals surface area contributed by atoms with Crippen LogP contribution in [0.15, 0.2) is 18.2 Å². The van der Waals surface area contributed by atoms with E-state index in [2.05, 4.69) is 11.1 Å². The van der Waals surface area contributed by atoms with Gasteiger partial charge in [-0.05, 0) is 18.2 Å². The van der Waals surface area contributed by atoms with Gasteiger partial charge in [-0.15, -0.1) is 0 Å². The molecule has 6 nitrogen and oxygen atoms in total. The Bertz CT molecular complexity index is 457. The fourth-order valence-electron chi connectivity index (χ4n) is 1.35. The molecule has 4 amide bonds. The number of amides is 4. The van der Waals surface area contributed by atoms with E-state index >= 15 is 0 Å². The Kier molecular flexibility index (Phi) is 4.94. The van der Waals surface area contributed by atoms with Gasteiger partial charge in [0.2, 0.25) is 6.41 Å². The van der Waals surface area contributed by atoms with Crippen molar-refractivity contribution in [3.63, 3.8) is 0 Å². The highest BCUT2D eigenvalue weighted by Gasteiger charge is 2.30. The monoisotopic (exact) mass is 289 g/mol. The van der Waals surface area contributed by atoms with Crippen LogP contribution in [0.2, 0.25) is 10.0 Å². The lowest BCUT2D eigenvalue weighted by Gasteiger charge is -2.12. The van der Waals surface area contributed by atoms with Crippen LogP contribution in [-0.2, 0) is 9.59 Å². The molecule has 8 heteroatoms. The Morgan fingerprint density at radius 3 is 2.11 bits per heavy atom. The Hall–Kier alpha value is -1.79. The van der Waals surface area contributed by atoms with Gasteiger partial charge in [0.05, 0.1) is 12.2 Å². The van der Waals surface area contributed by atoms with Crippen LogP contribution in [0.3, 0.4) is 0 Å². The highest BCUT2D eigenvalue weighted by atomic mass is 35.5. The van der Waals surface area contributed by atoms with Gasteiger partial charge in [0.15, 0.2) is 0 Å². The fourth-order valence-corrected chi connectivity index (χ4v) is 1.87. The second-order valence-electron chi connectivity index (χ2n) is 3.15. The number of nitrogens with zero attached hydrogens (tertiary/aromatic N) is 1. The molecule has 0 atom stereocenters. The molecule has 1 aliphatic rings. The van der Waals surface area contributed by atoms with E-state index in [1.807, 2.05) is 0 Å². The van der Waals surface area contributed by atoms with Crippen LogP contribution >= 0.6 is 23.2 Å². The maximum absolute atomic E-state index is 11.4. The number of primary amides is 1. The smallest absolute Gasteiger partial charge is 0.329 e. The van der Waals surface area contributed by atoms with Gasteiger partial charge in [-0.25, -0.2) is 9.69 Å². The number of urea groups is 1. The average Bonchev–Trinajstić information content (AvgIpc) is 2.58. The van der Waals surface area contributed by atoms with Crippen molar-refractivity contribution in [2.24, 2.45) is 5.73 Å². The molecule has 0 unspecified atom stereocenters. The molecule has 1 saturated heterocycles. The molecular weight excluding hydrogens is 281 g/mol. The first-order chi connectivity index (χ1) is 8.49. The van der Waals surface area contributed by atoms with E-state index in [0.29, 0.717) is 15.7 Å². The molecule has 0 aliphatic carbocycles. The number of carbonyl (C=O) groups excluding carboxylic acids is 3. The fraction of sp³-hybridized carbons (Fsp3) is 0.100. The van der Waals surface area contributed by atoms with E-state index in [1.165, 1.54) is 18.2 Å². The third-order valence-corrected chi connectivity index (χ3v) is 2.39. The number of halogens is 2. The van der Waals surface area contributed by atoms with Gasteiger partial charge in [0.1, 0.15) is 0 Å². The molecule has 1 heterocycles. The summed E-state index contributed by atoms with van der Waals surface area (Å²) in [5, 5.41) is 3.17. The van der Waals surface area contributed by atoms with Crippen LogP contribution in [0.5, 0.6) is 0 Å². The predicted octanol–water partition coefficient (Wildman–Crippen LogP) is 1.15. The first-order valence-corrected chi connectivity index (χ1v) is 5.47. The van der Waals surface area contributed by atoms with Crippen molar-refractivity contribution in [1.82, 2.24) is 5.32 Å². The molecule has 0 bridgehead atoms. The van der Waals surface area contributed by atoms with E-state index < -0.39 is 6.03 Å². The molecule has 0 saturated carbocycles. The molecule has 3 N–H and O–H groups in total. The van der Waals surface area contributed by atoms with Crippen LogP contribution in [0.4, 0.5) is 10.5 Å². The zero-order valence-electron chi connectivity index (χ0n) is 9.02. The number of imide groups is 1. The van der Waals surface area contributed by atoms with E-state index in [9.17, 15) is 9.59 Å². The predicted molar refractivity (Wildman–Crippen MR) is 67.6 cm³/mol. The van der Waals surface area contributed by atoms with Gasteiger partial charge in [-0.2, -0.15) is 0 Å². The molecule has 1 fully saturated rings. The van der Waals surface area contributed by atoms with Crippen molar-refractivity contribution < 1.29 is 14.4 Å². The third kappa shape index (κ3) is 3.35. The zero-order chi connectivity index (χ0) is 13.7. The summed E-state index contributed by atoms with van der Waals surface area (Å²) in [5.41, 5.74) is 4.55. The first kappa shape index (κ1) is 14.3. The lowest BCUT2D eigenvalue weighted by Crippen LogP contribution is -2.30. The van der Waals surface area contributed by atoms with Gasteiger partial charge in [-0.1, -0.05) is 23.2 Å². The number of hydrogen-bond acceptors (Lipinski definition) is 3. The van der Waals surface area contributed by atoms with Crippen LogP contribution < -0.4 is 16.0 Å². The topological polar surface area (TPSA) is 92.5 Å². The molecule has 96 valence electrons. The van der Waals surface area contributed by atoms with Gasteiger partial charge in [-0.3, -0.25) is 9.59 Å². The average molecular weight is 290 g/mol. The van der Waals surface area contributed by atoms with Gasteiger partial charge < -0.3 is 11.1 Å². The van der Waals surface area contributed by atoms with Crippen molar-refractivity contribution in [3.05, 3.63) is 28.2 Å². The van der Waals surface area contributed by atoms with Crippen molar-refractivity contribution in [2.75, 3.05) is 11.4 Å². The van der Waals surface area contributed by atoms with Crippen LogP contribution in [-0.4, -0.2) is 24.9 Å². The van der Waals surface area contributed by atoms with Crippen LogP contribution in [0.25, 0.3) is 0 Å².